The van der Waals surface area contributed by atoms with Crippen molar-refractivity contribution in [3.8, 4) is 18.1 Å². The lowest BCUT2D eigenvalue weighted by Gasteiger charge is -2.17. The Morgan fingerprint density at radius 1 is 1.50 bits per heavy atom. The Kier molecular flexibility index (Phi) is 4.88. The highest BCUT2D eigenvalue weighted by molar-refractivity contribution is 5.37. The highest BCUT2D eigenvalue weighted by Gasteiger charge is 2.10. The van der Waals surface area contributed by atoms with Gasteiger partial charge in [0.2, 0.25) is 0 Å². The van der Waals surface area contributed by atoms with Crippen molar-refractivity contribution < 1.29 is 4.74 Å². The Hall–Kier alpha value is -1.46. The minimum absolute atomic E-state index is 0.297. The lowest BCUT2D eigenvalue weighted by molar-refractivity contribution is 0.410. The molecular formula is C14H19NO. The summed E-state index contributed by atoms with van der Waals surface area (Å²) in [6.07, 6.45) is 7.01. The van der Waals surface area contributed by atoms with Gasteiger partial charge in [0.1, 0.15) is 5.75 Å². The van der Waals surface area contributed by atoms with Crippen molar-refractivity contribution in [1.82, 2.24) is 5.32 Å². The molecule has 2 heteroatoms. The minimum atomic E-state index is 0.297. The van der Waals surface area contributed by atoms with Crippen LogP contribution in [0.25, 0.3) is 0 Å². The number of ether oxygens (including phenoxy) is 1. The van der Waals surface area contributed by atoms with Gasteiger partial charge in [0.15, 0.2) is 0 Å². The average Bonchev–Trinajstić information content (AvgIpc) is 2.32. The molecule has 0 heterocycles. The maximum Gasteiger partial charge on any atom is 0.122 e. The summed E-state index contributed by atoms with van der Waals surface area (Å²) in [6, 6.07) is 6.57. The second-order valence-electron chi connectivity index (χ2n) is 3.81. The van der Waals surface area contributed by atoms with Gasteiger partial charge in [-0.2, -0.15) is 0 Å². The number of methoxy groups -OCH3 is 1. The van der Waals surface area contributed by atoms with Crippen molar-refractivity contribution in [3.63, 3.8) is 0 Å². The number of terminal acetylenes is 1. The molecule has 0 aromatic heterocycles. The van der Waals surface area contributed by atoms with Crippen LogP contribution in [0.5, 0.6) is 5.75 Å². The van der Waals surface area contributed by atoms with E-state index in [1.54, 1.807) is 7.11 Å². The monoisotopic (exact) mass is 217 g/mol. The van der Waals surface area contributed by atoms with Crippen LogP contribution in [0.2, 0.25) is 0 Å². The summed E-state index contributed by atoms with van der Waals surface area (Å²) in [6.45, 7) is 2.04. The van der Waals surface area contributed by atoms with Crippen molar-refractivity contribution in [3.05, 3.63) is 29.3 Å². The molecule has 0 aliphatic rings. The molecule has 1 atom stereocenters. The zero-order valence-corrected chi connectivity index (χ0v) is 10.2. The standard InChI is InChI=1S/C14H19NO/c1-5-6-7-13(15-3)12-9-8-11(2)14(10-12)16-4/h1,8-10,13,15H,6-7H2,2-4H3. The lowest BCUT2D eigenvalue weighted by Crippen LogP contribution is -2.16. The molecule has 1 aromatic carbocycles. The maximum absolute atomic E-state index is 5.32. The number of benzene rings is 1. The lowest BCUT2D eigenvalue weighted by atomic mass is 10.0. The van der Waals surface area contributed by atoms with Gasteiger partial charge in [0.05, 0.1) is 7.11 Å². The Balaban J connectivity index is 2.88. The van der Waals surface area contributed by atoms with Crippen molar-refractivity contribution in [2.24, 2.45) is 0 Å². The molecule has 0 fully saturated rings. The fraction of sp³-hybridized carbons (Fsp3) is 0.429. The quantitative estimate of drug-likeness (QED) is 0.766. The minimum Gasteiger partial charge on any atom is -0.496 e. The van der Waals surface area contributed by atoms with Gasteiger partial charge in [-0.15, -0.1) is 12.3 Å². The van der Waals surface area contributed by atoms with Gasteiger partial charge in [-0.25, -0.2) is 0 Å². The molecule has 86 valence electrons. The number of nitrogens with one attached hydrogen (secondary N) is 1. The molecule has 0 saturated heterocycles. The van der Waals surface area contributed by atoms with Crippen LogP contribution in [-0.2, 0) is 0 Å². The zero-order chi connectivity index (χ0) is 12.0. The Bertz CT molecular complexity index is 379. The van der Waals surface area contributed by atoms with Crippen LogP contribution >= 0.6 is 0 Å². The van der Waals surface area contributed by atoms with E-state index in [1.165, 1.54) is 5.56 Å². The van der Waals surface area contributed by atoms with Crippen LogP contribution in [0.3, 0.4) is 0 Å². The van der Waals surface area contributed by atoms with Gasteiger partial charge in [-0.3, -0.25) is 0 Å². The van der Waals surface area contributed by atoms with E-state index >= 15 is 0 Å². The molecule has 1 aromatic rings. The third-order valence-corrected chi connectivity index (χ3v) is 2.76. The molecule has 0 radical (unpaired) electrons. The first kappa shape index (κ1) is 12.6. The normalized spacial score (nSPS) is 11.9. The molecule has 16 heavy (non-hydrogen) atoms. The largest absolute Gasteiger partial charge is 0.496 e. The predicted molar refractivity (Wildman–Crippen MR) is 67.6 cm³/mol. The summed E-state index contributed by atoms with van der Waals surface area (Å²) in [7, 11) is 3.65. The highest BCUT2D eigenvalue weighted by Crippen LogP contribution is 2.25. The average molecular weight is 217 g/mol. The number of rotatable bonds is 5. The van der Waals surface area contributed by atoms with Gasteiger partial charge in [0.25, 0.3) is 0 Å². The fourth-order valence-electron chi connectivity index (χ4n) is 1.76. The summed E-state index contributed by atoms with van der Waals surface area (Å²) < 4.78 is 5.32. The van der Waals surface area contributed by atoms with Crippen molar-refractivity contribution in [2.75, 3.05) is 14.2 Å². The molecule has 1 rings (SSSR count). The third-order valence-electron chi connectivity index (χ3n) is 2.76. The number of hydrogen-bond acceptors (Lipinski definition) is 2. The van der Waals surface area contributed by atoms with Crippen LogP contribution < -0.4 is 10.1 Å². The molecular weight excluding hydrogens is 198 g/mol. The first-order valence-corrected chi connectivity index (χ1v) is 5.48. The number of aryl methyl sites for hydroxylation is 1. The van der Waals surface area contributed by atoms with Gasteiger partial charge >= 0.3 is 0 Å². The van der Waals surface area contributed by atoms with Crippen molar-refractivity contribution in [1.29, 1.82) is 0 Å². The van der Waals surface area contributed by atoms with Gasteiger partial charge < -0.3 is 10.1 Å². The van der Waals surface area contributed by atoms with Crippen LogP contribution in [0, 0.1) is 19.3 Å². The molecule has 1 N–H and O–H groups in total. The van der Waals surface area contributed by atoms with Crippen molar-refractivity contribution >= 4 is 0 Å². The van der Waals surface area contributed by atoms with E-state index in [4.69, 9.17) is 11.2 Å². The summed E-state index contributed by atoms with van der Waals surface area (Å²) in [5.41, 5.74) is 2.37. The molecule has 0 aliphatic heterocycles. The smallest absolute Gasteiger partial charge is 0.122 e. The van der Waals surface area contributed by atoms with Crippen LogP contribution in [-0.4, -0.2) is 14.2 Å². The van der Waals surface area contributed by atoms with Gasteiger partial charge in [-0.1, -0.05) is 12.1 Å². The molecule has 1 unspecified atom stereocenters. The maximum atomic E-state index is 5.32. The van der Waals surface area contributed by atoms with E-state index < -0.39 is 0 Å². The Labute approximate surface area is 98.0 Å². The van der Waals surface area contributed by atoms with Crippen molar-refractivity contribution in [2.45, 2.75) is 25.8 Å². The summed E-state index contributed by atoms with van der Waals surface area (Å²) in [4.78, 5) is 0. The van der Waals surface area contributed by atoms with E-state index in [-0.39, 0.29) is 0 Å². The molecule has 0 aliphatic carbocycles. The van der Waals surface area contributed by atoms with E-state index in [1.807, 2.05) is 14.0 Å². The molecule has 2 nitrogen and oxygen atoms in total. The first-order valence-electron chi connectivity index (χ1n) is 5.48. The van der Waals surface area contributed by atoms with E-state index in [0.29, 0.717) is 6.04 Å². The summed E-state index contributed by atoms with van der Waals surface area (Å²) in [5.74, 6) is 3.60. The van der Waals surface area contributed by atoms with Crippen LogP contribution in [0.4, 0.5) is 0 Å². The number of hydrogen-bond donors (Lipinski definition) is 1. The molecule has 0 saturated carbocycles. The van der Waals surface area contributed by atoms with Crippen LogP contribution in [0.1, 0.15) is 30.0 Å². The first-order chi connectivity index (χ1) is 7.72. The topological polar surface area (TPSA) is 21.3 Å². The van der Waals surface area contributed by atoms with Crippen LogP contribution in [0.15, 0.2) is 18.2 Å². The highest BCUT2D eigenvalue weighted by atomic mass is 16.5. The van der Waals surface area contributed by atoms with E-state index in [0.717, 1.165) is 24.2 Å². The zero-order valence-electron chi connectivity index (χ0n) is 10.2. The van der Waals surface area contributed by atoms with E-state index in [2.05, 4.69) is 29.4 Å². The van der Waals surface area contributed by atoms with Gasteiger partial charge in [0, 0.05) is 12.5 Å². The second kappa shape index (κ2) is 6.19. The van der Waals surface area contributed by atoms with Gasteiger partial charge in [-0.05, 0) is 37.6 Å². The fourth-order valence-corrected chi connectivity index (χ4v) is 1.76. The second-order valence-corrected chi connectivity index (χ2v) is 3.81. The summed E-state index contributed by atoms with van der Waals surface area (Å²) in [5, 5.41) is 3.27. The third kappa shape index (κ3) is 3.01. The molecule has 0 amide bonds. The Morgan fingerprint density at radius 3 is 2.81 bits per heavy atom. The Morgan fingerprint density at radius 2 is 2.25 bits per heavy atom. The molecule has 0 spiro atoms. The SMILES string of the molecule is C#CCCC(NC)c1ccc(C)c(OC)c1. The van der Waals surface area contributed by atoms with E-state index in [9.17, 15) is 0 Å². The summed E-state index contributed by atoms with van der Waals surface area (Å²) >= 11 is 0. The molecule has 0 bridgehead atoms. The predicted octanol–water partition coefficient (Wildman–Crippen LogP) is 2.68.